The van der Waals surface area contributed by atoms with Gasteiger partial charge in [0.1, 0.15) is 12.1 Å². The number of nitrogens with two attached hydrogens (primary N) is 1. The van der Waals surface area contributed by atoms with Gasteiger partial charge in [0.25, 0.3) is 5.91 Å². The highest BCUT2D eigenvalue weighted by Gasteiger charge is 2.47. The summed E-state index contributed by atoms with van der Waals surface area (Å²) in [6.07, 6.45) is 9.22. The fraction of sp³-hybridized carbons (Fsp3) is 0.848. The lowest BCUT2D eigenvalue weighted by molar-refractivity contribution is -0.144. The SMILES string of the molecule is CC(C)[C@H]1CCN(C(=O)[C@@H](NC(=O)N[C@H](CN(C)S(C)(=O)=O)C(C)(C)C)C2CCCCC2)[C@@H]1C(=O)NC(CC1CCC1)C(=O)C(N)=O. The molecule has 2 aliphatic carbocycles. The third-order valence-corrected chi connectivity index (χ3v) is 11.8. The van der Waals surface area contributed by atoms with Crippen LogP contribution in [0.1, 0.15) is 98.8 Å². The number of hydrogen-bond acceptors (Lipinski definition) is 7. The van der Waals surface area contributed by atoms with Crippen molar-refractivity contribution < 1.29 is 32.4 Å². The Morgan fingerprint density at radius 3 is 2.02 bits per heavy atom. The highest BCUT2D eigenvalue weighted by atomic mass is 32.2. The normalized spacial score (nSPS) is 23.1. The molecule has 0 aromatic carbocycles. The summed E-state index contributed by atoms with van der Waals surface area (Å²) >= 11 is 0. The van der Waals surface area contributed by atoms with Crippen LogP contribution >= 0.6 is 0 Å². The van der Waals surface area contributed by atoms with E-state index < -0.39 is 63.2 Å². The monoisotopic (exact) mass is 682 g/mol. The first-order chi connectivity index (χ1) is 21.8. The molecule has 0 aromatic rings. The van der Waals surface area contributed by atoms with Crippen molar-refractivity contribution in [2.75, 3.05) is 26.4 Å². The van der Waals surface area contributed by atoms with Crippen LogP contribution < -0.4 is 21.7 Å². The predicted molar refractivity (Wildman–Crippen MR) is 179 cm³/mol. The molecule has 2 saturated carbocycles. The van der Waals surface area contributed by atoms with Crippen LogP contribution in [0.25, 0.3) is 0 Å². The Kier molecular flexibility index (Phi) is 13.3. The number of ketones is 1. The van der Waals surface area contributed by atoms with Crippen LogP contribution in [-0.2, 0) is 29.2 Å². The number of Topliss-reactive ketones (excluding diaryl/α,β-unsaturated/α-hetero) is 1. The molecule has 268 valence electrons. The number of nitrogens with zero attached hydrogens (tertiary/aromatic N) is 2. The average Bonchev–Trinajstić information content (AvgIpc) is 3.41. The van der Waals surface area contributed by atoms with Gasteiger partial charge in [-0.1, -0.05) is 73.1 Å². The van der Waals surface area contributed by atoms with Gasteiger partial charge in [0.05, 0.1) is 12.3 Å². The van der Waals surface area contributed by atoms with Gasteiger partial charge in [-0.15, -0.1) is 0 Å². The summed E-state index contributed by atoms with van der Waals surface area (Å²) in [4.78, 5) is 68.3. The zero-order chi connectivity index (χ0) is 35.3. The Balaban J connectivity index is 1.87. The second-order valence-electron chi connectivity index (χ2n) is 15.5. The first kappa shape index (κ1) is 38.7. The molecule has 0 aromatic heterocycles. The van der Waals surface area contributed by atoms with Crippen molar-refractivity contribution >= 4 is 39.6 Å². The van der Waals surface area contributed by atoms with Crippen molar-refractivity contribution in [3.63, 3.8) is 0 Å². The average molecular weight is 683 g/mol. The van der Waals surface area contributed by atoms with Crippen molar-refractivity contribution in [1.29, 1.82) is 0 Å². The summed E-state index contributed by atoms with van der Waals surface area (Å²) in [7, 11) is -2.04. The van der Waals surface area contributed by atoms with Crippen LogP contribution in [0.2, 0.25) is 0 Å². The van der Waals surface area contributed by atoms with Crippen LogP contribution in [0, 0.1) is 29.1 Å². The fourth-order valence-corrected chi connectivity index (χ4v) is 7.54. The molecule has 14 heteroatoms. The number of rotatable bonds is 14. The highest BCUT2D eigenvalue weighted by molar-refractivity contribution is 7.88. The molecule has 1 saturated heterocycles. The molecule has 13 nitrogen and oxygen atoms in total. The van der Waals surface area contributed by atoms with Crippen molar-refractivity contribution in [2.45, 2.75) is 123 Å². The van der Waals surface area contributed by atoms with Gasteiger partial charge in [-0.05, 0) is 54.8 Å². The zero-order valence-corrected chi connectivity index (χ0v) is 30.2. The summed E-state index contributed by atoms with van der Waals surface area (Å²) in [5.41, 5.74) is 4.85. The Labute approximate surface area is 280 Å². The summed E-state index contributed by atoms with van der Waals surface area (Å²) < 4.78 is 25.5. The number of carbonyl (C=O) groups excluding carboxylic acids is 5. The lowest BCUT2D eigenvalue weighted by atomic mass is 9.80. The molecule has 47 heavy (non-hydrogen) atoms. The maximum absolute atomic E-state index is 14.5. The van der Waals surface area contributed by atoms with Gasteiger partial charge in [-0.25, -0.2) is 17.5 Å². The minimum absolute atomic E-state index is 0.0456. The number of likely N-dealkylation sites (tertiary alicyclic amines) is 1. The number of urea groups is 1. The van der Waals surface area contributed by atoms with E-state index in [-0.39, 0.29) is 36.1 Å². The molecule has 5 atom stereocenters. The van der Waals surface area contributed by atoms with Crippen molar-refractivity contribution in [3.05, 3.63) is 0 Å². The molecule has 5 amide bonds. The van der Waals surface area contributed by atoms with E-state index in [4.69, 9.17) is 5.73 Å². The maximum atomic E-state index is 14.5. The third kappa shape index (κ3) is 10.4. The number of primary amides is 1. The Morgan fingerprint density at radius 2 is 1.53 bits per heavy atom. The molecule has 0 bridgehead atoms. The van der Waals surface area contributed by atoms with Gasteiger partial charge >= 0.3 is 6.03 Å². The van der Waals surface area contributed by atoms with Crippen LogP contribution in [0.4, 0.5) is 4.79 Å². The Bertz CT molecular complexity index is 1260. The number of carbonyl (C=O) groups is 5. The van der Waals surface area contributed by atoms with Crippen LogP contribution in [0.5, 0.6) is 0 Å². The molecule has 1 heterocycles. The molecule has 1 unspecified atom stereocenters. The van der Waals surface area contributed by atoms with Crippen LogP contribution in [0.3, 0.4) is 0 Å². The van der Waals surface area contributed by atoms with Gasteiger partial charge in [0.15, 0.2) is 0 Å². The molecule has 0 spiro atoms. The first-order valence-corrected chi connectivity index (χ1v) is 19.1. The van der Waals surface area contributed by atoms with Gasteiger partial charge in [-0.2, -0.15) is 0 Å². The van der Waals surface area contributed by atoms with E-state index in [1.54, 1.807) is 4.90 Å². The smallest absolute Gasteiger partial charge is 0.315 e. The zero-order valence-electron chi connectivity index (χ0n) is 29.3. The van der Waals surface area contributed by atoms with Crippen molar-refractivity contribution in [1.82, 2.24) is 25.2 Å². The summed E-state index contributed by atoms with van der Waals surface area (Å²) in [6.45, 7) is 10.0. The second-order valence-corrected chi connectivity index (χ2v) is 17.5. The molecule has 3 aliphatic rings. The van der Waals surface area contributed by atoms with E-state index in [1.807, 2.05) is 34.6 Å². The van der Waals surface area contributed by atoms with Gasteiger partial charge in [0.2, 0.25) is 27.6 Å². The number of nitrogens with one attached hydrogen (secondary N) is 3. The molecule has 3 rings (SSSR count). The van der Waals surface area contributed by atoms with Crippen LogP contribution in [0.15, 0.2) is 0 Å². The van der Waals surface area contributed by atoms with E-state index in [0.717, 1.165) is 57.6 Å². The lowest BCUT2D eigenvalue weighted by Gasteiger charge is -2.38. The number of sulfonamides is 1. The van der Waals surface area contributed by atoms with E-state index >= 15 is 0 Å². The number of likely N-dealkylation sites (N-methyl/N-ethyl adjacent to an activating group) is 1. The maximum Gasteiger partial charge on any atom is 0.315 e. The molecule has 5 N–H and O–H groups in total. The topological polar surface area (TPSA) is 188 Å². The van der Waals surface area contributed by atoms with Gasteiger partial charge < -0.3 is 26.6 Å². The number of amides is 5. The standard InChI is InChI=1S/C33H58N6O7S/c1-20(2)23-16-17-39(27(23)30(42)35-24(28(40)29(34)41)18-21-12-11-13-21)31(43)26(22-14-9-8-10-15-22)37-32(44)36-25(33(3,4)5)19-38(6)47(7,45)46/h20-27H,8-19H2,1-7H3,(H2,34,41)(H,35,42)(H2,36,37,44)/t23-,24?,25-,26+,27+/m1/s1. The summed E-state index contributed by atoms with van der Waals surface area (Å²) in [5.74, 6) is -2.84. The molecular formula is C33H58N6O7S. The van der Waals surface area contributed by atoms with E-state index in [9.17, 15) is 32.4 Å². The quantitative estimate of drug-likeness (QED) is 0.202. The Hall–Kier alpha value is -2.74. The molecular weight excluding hydrogens is 624 g/mol. The molecule has 0 radical (unpaired) electrons. The van der Waals surface area contributed by atoms with Crippen LogP contribution in [-0.4, -0.2) is 97.7 Å². The minimum atomic E-state index is -3.49. The largest absolute Gasteiger partial charge is 0.363 e. The minimum Gasteiger partial charge on any atom is -0.363 e. The lowest BCUT2D eigenvalue weighted by Crippen LogP contribution is -2.61. The predicted octanol–water partition coefficient (Wildman–Crippen LogP) is 2.14. The van der Waals surface area contributed by atoms with E-state index in [0.29, 0.717) is 19.4 Å². The van der Waals surface area contributed by atoms with Crippen molar-refractivity contribution in [2.24, 2.45) is 34.8 Å². The molecule has 1 aliphatic heterocycles. The van der Waals surface area contributed by atoms with E-state index in [2.05, 4.69) is 16.0 Å². The Morgan fingerprint density at radius 1 is 0.915 bits per heavy atom. The fourth-order valence-electron chi connectivity index (χ4n) is 7.12. The second kappa shape index (κ2) is 16.1. The van der Waals surface area contributed by atoms with E-state index in [1.165, 1.54) is 11.4 Å². The number of hydrogen-bond donors (Lipinski definition) is 4. The first-order valence-electron chi connectivity index (χ1n) is 17.2. The highest BCUT2D eigenvalue weighted by Crippen LogP contribution is 2.35. The molecule has 3 fully saturated rings. The van der Waals surface area contributed by atoms with Gasteiger partial charge in [0, 0.05) is 26.2 Å². The van der Waals surface area contributed by atoms with Gasteiger partial charge in [-0.3, -0.25) is 19.2 Å². The summed E-state index contributed by atoms with van der Waals surface area (Å²) in [6, 6.07) is -3.97. The third-order valence-electron chi connectivity index (χ3n) is 10.6. The summed E-state index contributed by atoms with van der Waals surface area (Å²) in [5, 5.41) is 8.67. The van der Waals surface area contributed by atoms with Crippen molar-refractivity contribution in [3.8, 4) is 0 Å².